The fraction of sp³-hybridized carbons (Fsp3) is 1.00. The van der Waals surface area contributed by atoms with Gasteiger partial charge in [0.2, 0.25) is 10.0 Å². The van der Waals surface area contributed by atoms with Crippen molar-refractivity contribution in [1.82, 2.24) is 10.0 Å². The van der Waals surface area contributed by atoms with E-state index in [-0.39, 0.29) is 5.75 Å². The molecule has 1 unspecified atom stereocenters. The Morgan fingerprint density at radius 1 is 1.33 bits per heavy atom. The fourth-order valence-electron chi connectivity index (χ4n) is 1.91. The first-order chi connectivity index (χ1) is 8.49. The van der Waals surface area contributed by atoms with Crippen molar-refractivity contribution in [2.45, 2.75) is 50.8 Å². The van der Waals surface area contributed by atoms with Crippen molar-refractivity contribution in [1.29, 1.82) is 0 Å². The minimum absolute atomic E-state index is 0.226. The summed E-state index contributed by atoms with van der Waals surface area (Å²) in [5.41, 5.74) is 0. The second kappa shape index (κ2) is 8.40. The van der Waals surface area contributed by atoms with Crippen molar-refractivity contribution < 1.29 is 8.42 Å². The minimum Gasteiger partial charge on any atom is -0.314 e. The molecule has 2 N–H and O–H groups in total. The van der Waals surface area contributed by atoms with E-state index in [1.165, 1.54) is 18.6 Å². The average Bonchev–Trinajstić information content (AvgIpc) is 2.34. The average molecular weight is 294 g/mol. The molecular formula is C12H26N2O2S2. The molecule has 1 aliphatic heterocycles. The lowest BCUT2D eigenvalue weighted by molar-refractivity contribution is 0.557. The molecule has 0 amide bonds. The molecule has 0 aliphatic carbocycles. The van der Waals surface area contributed by atoms with Crippen LogP contribution in [-0.4, -0.2) is 44.3 Å². The molecule has 0 spiro atoms. The zero-order valence-electron chi connectivity index (χ0n) is 11.4. The third-order valence-electron chi connectivity index (χ3n) is 2.95. The monoisotopic (exact) mass is 294 g/mol. The standard InChI is InChI=1S/C12H26N2O2S2/c1-11(2)13-7-5-9-18(15,16)14-10-12-6-3-4-8-17-12/h11-14H,3-10H2,1-2H3. The summed E-state index contributed by atoms with van der Waals surface area (Å²) in [6.07, 6.45) is 4.32. The summed E-state index contributed by atoms with van der Waals surface area (Å²) in [7, 11) is -3.08. The van der Waals surface area contributed by atoms with Crippen molar-refractivity contribution in [3.63, 3.8) is 0 Å². The number of hydrogen-bond donors (Lipinski definition) is 2. The molecule has 1 saturated heterocycles. The van der Waals surface area contributed by atoms with Crippen molar-refractivity contribution in [3.05, 3.63) is 0 Å². The highest BCUT2D eigenvalue weighted by Crippen LogP contribution is 2.24. The van der Waals surface area contributed by atoms with E-state index in [2.05, 4.69) is 23.9 Å². The Morgan fingerprint density at radius 3 is 2.72 bits per heavy atom. The van der Waals surface area contributed by atoms with E-state index >= 15 is 0 Å². The number of nitrogens with one attached hydrogen (secondary N) is 2. The van der Waals surface area contributed by atoms with Crippen LogP contribution in [0.4, 0.5) is 0 Å². The van der Waals surface area contributed by atoms with Gasteiger partial charge in [0, 0.05) is 17.8 Å². The highest BCUT2D eigenvalue weighted by atomic mass is 32.2. The highest BCUT2D eigenvalue weighted by molar-refractivity contribution is 8.00. The summed E-state index contributed by atoms with van der Waals surface area (Å²) < 4.78 is 26.3. The van der Waals surface area contributed by atoms with E-state index in [1.54, 1.807) is 0 Å². The Bertz CT molecular complexity index is 312. The van der Waals surface area contributed by atoms with Crippen LogP contribution in [0, 0.1) is 0 Å². The third kappa shape index (κ3) is 7.61. The second-order valence-electron chi connectivity index (χ2n) is 5.12. The normalized spacial score (nSPS) is 21.4. The maximum absolute atomic E-state index is 11.8. The van der Waals surface area contributed by atoms with Crippen LogP contribution in [0.25, 0.3) is 0 Å². The van der Waals surface area contributed by atoms with Gasteiger partial charge < -0.3 is 5.32 Å². The van der Waals surface area contributed by atoms with Gasteiger partial charge in [-0.25, -0.2) is 13.1 Å². The molecule has 0 aromatic carbocycles. The van der Waals surface area contributed by atoms with E-state index in [0.717, 1.165) is 13.0 Å². The Kier molecular flexibility index (Phi) is 7.60. The summed E-state index contributed by atoms with van der Waals surface area (Å²) in [6, 6.07) is 0.416. The molecule has 0 radical (unpaired) electrons. The van der Waals surface area contributed by atoms with Crippen LogP contribution in [0.3, 0.4) is 0 Å². The van der Waals surface area contributed by atoms with Crippen LogP contribution >= 0.6 is 11.8 Å². The maximum Gasteiger partial charge on any atom is 0.211 e. The SMILES string of the molecule is CC(C)NCCCS(=O)(=O)NCC1CCCCS1. The van der Waals surface area contributed by atoms with E-state index in [9.17, 15) is 8.42 Å². The minimum atomic E-state index is -3.08. The molecule has 6 heteroatoms. The molecule has 1 heterocycles. The highest BCUT2D eigenvalue weighted by Gasteiger charge is 2.17. The maximum atomic E-state index is 11.8. The summed E-state index contributed by atoms with van der Waals surface area (Å²) in [6.45, 7) is 5.49. The summed E-state index contributed by atoms with van der Waals surface area (Å²) >= 11 is 1.90. The summed E-state index contributed by atoms with van der Waals surface area (Å²) in [5, 5.41) is 3.70. The first kappa shape index (κ1) is 16.3. The van der Waals surface area contributed by atoms with Crippen LogP contribution < -0.4 is 10.0 Å². The van der Waals surface area contributed by atoms with Gasteiger partial charge in [0.25, 0.3) is 0 Å². The molecule has 1 fully saturated rings. The predicted octanol–water partition coefficient (Wildman–Crippen LogP) is 1.58. The molecule has 0 aromatic rings. The largest absolute Gasteiger partial charge is 0.314 e. The topological polar surface area (TPSA) is 58.2 Å². The first-order valence-electron chi connectivity index (χ1n) is 6.82. The van der Waals surface area contributed by atoms with Crippen LogP contribution in [0.2, 0.25) is 0 Å². The fourth-order valence-corrected chi connectivity index (χ4v) is 4.38. The third-order valence-corrected chi connectivity index (χ3v) is 5.78. The lowest BCUT2D eigenvalue weighted by Gasteiger charge is -2.21. The summed E-state index contributed by atoms with van der Waals surface area (Å²) in [4.78, 5) is 0. The van der Waals surface area contributed by atoms with Crippen LogP contribution in [-0.2, 0) is 10.0 Å². The molecule has 1 atom stereocenters. The van der Waals surface area contributed by atoms with E-state index in [0.29, 0.717) is 24.3 Å². The summed E-state index contributed by atoms with van der Waals surface area (Å²) in [5.74, 6) is 1.40. The lowest BCUT2D eigenvalue weighted by atomic mass is 10.2. The zero-order chi connectivity index (χ0) is 13.4. The zero-order valence-corrected chi connectivity index (χ0v) is 13.1. The molecule has 0 saturated carbocycles. The number of thioether (sulfide) groups is 1. The molecule has 18 heavy (non-hydrogen) atoms. The molecule has 0 bridgehead atoms. The predicted molar refractivity (Wildman–Crippen MR) is 79.6 cm³/mol. The molecule has 1 aliphatic rings. The quantitative estimate of drug-likeness (QED) is 0.667. The van der Waals surface area contributed by atoms with Gasteiger partial charge in [-0.3, -0.25) is 0 Å². The molecule has 1 rings (SSSR count). The van der Waals surface area contributed by atoms with Crippen LogP contribution in [0.1, 0.15) is 39.5 Å². The van der Waals surface area contributed by atoms with Gasteiger partial charge in [0.1, 0.15) is 0 Å². The second-order valence-corrected chi connectivity index (χ2v) is 8.45. The lowest BCUT2D eigenvalue weighted by Crippen LogP contribution is -2.34. The Morgan fingerprint density at radius 2 is 2.11 bits per heavy atom. The van der Waals surface area contributed by atoms with Gasteiger partial charge in [-0.2, -0.15) is 11.8 Å². The van der Waals surface area contributed by atoms with Gasteiger partial charge in [0.05, 0.1) is 5.75 Å². The van der Waals surface area contributed by atoms with Gasteiger partial charge >= 0.3 is 0 Å². The van der Waals surface area contributed by atoms with Gasteiger partial charge in [0.15, 0.2) is 0 Å². The van der Waals surface area contributed by atoms with Gasteiger partial charge in [-0.15, -0.1) is 0 Å². The number of sulfonamides is 1. The smallest absolute Gasteiger partial charge is 0.211 e. The first-order valence-corrected chi connectivity index (χ1v) is 9.52. The van der Waals surface area contributed by atoms with Crippen molar-refractivity contribution in [2.75, 3.05) is 24.6 Å². The van der Waals surface area contributed by atoms with Gasteiger partial charge in [-0.05, 0) is 31.6 Å². The van der Waals surface area contributed by atoms with Gasteiger partial charge in [-0.1, -0.05) is 20.3 Å². The molecule has 108 valence electrons. The molecule has 4 nitrogen and oxygen atoms in total. The Labute approximate surface area is 116 Å². The Hall–Kier alpha value is 0.220. The van der Waals surface area contributed by atoms with Crippen molar-refractivity contribution in [2.24, 2.45) is 0 Å². The number of hydrogen-bond acceptors (Lipinski definition) is 4. The van der Waals surface area contributed by atoms with E-state index in [1.807, 2.05) is 11.8 Å². The van der Waals surface area contributed by atoms with Crippen LogP contribution in [0.5, 0.6) is 0 Å². The number of rotatable bonds is 8. The van der Waals surface area contributed by atoms with Crippen molar-refractivity contribution >= 4 is 21.8 Å². The van der Waals surface area contributed by atoms with E-state index < -0.39 is 10.0 Å². The van der Waals surface area contributed by atoms with E-state index in [4.69, 9.17) is 0 Å². The van der Waals surface area contributed by atoms with Crippen LogP contribution in [0.15, 0.2) is 0 Å². The Balaban J connectivity index is 2.14. The molecular weight excluding hydrogens is 268 g/mol. The molecule has 0 aromatic heterocycles. The van der Waals surface area contributed by atoms with Crippen molar-refractivity contribution in [3.8, 4) is 0 Å².